The Kier molecular flexibility index (Phi) is 3.64. The average Bonchev–Trinajstić information content (AvgIpc) is 3.08. The van der Waals surface area contributed by atoms with Crippen molar-refractivity contribution >= 4 is 33.8 Å². The third kappa shape index (κ3) is 2.57. The lowest BCUT2D eigenvalue weighted by molar-refractivity contribution is -0.151. The summed E-state index contributed by atoms with van der Waals surface area (Å²) in [5.74, 6) is -1.30. The molecule has 0 bridgehead atoms. The molecule has 0 atom stereocenters. The minimum atomic E-state index is -4.45. The van der Waals surface area contributed by atoms with Crippen LogP contribution in [0.5, 0.6) is 0 Å². The maximum absolute atomic E-state index is 13.0. The molecular weight excluding hydrogens is 309 g/mol. The summed E-state index contributed by atoms with van der Waals surface area (Å²) in [6.45, 7) is 1.23. The topological polar surface area (TPSA) is 81.4 Å². The van der Waals surface area contributed by atoms with E-state index in [1.54, 1.807) is 0 Å². The second-order valence-electron chi connectivity index (χ2n) is 4.80. The number of anilines is 2. The van der Waals surface area contributed by atoms with Crippen LogP contribution in [0.3, 0.4) is 0 Å². The molecule has 3 N–H and O–H groups in total. The van der Waals surface area contributed by atoms with E-state index in [2.05, 4.69) is 10.1 Å². The number of carbonyl (C=O) groups excluding carboxylic acids is 2. The number of halogens is 3. The van der Waals surface area contributed by atoms with Gasteiger partial charge in [0.1, 0.15) is 16.1 Å². The molecule has 0 spiro atoms. The molecule has 1 aliphatic rings. The molecule has 1 saturated carbocycles. The molecule has 116 valence electrons. The first-order valence-electron chi connectivity index (χ1n) is 5.99. The first-order chi connectivity index (χ1) is 9.63. The molecule has 0 amide bonds. The number of Topliss-reactive ketones (excluding diaryl/α,β-unsaturated/α-hetero) is 1. The number of nitrogens with two attached hydrogens (primary N) is 1. The van der Waals surface area contributed by atoms with Gasteiger partial charge in [0.25, 0.3) is 0 Å². The predicted molar refractivity (Wildman–Crippen MR) is 71.7 cm³/mol. The van der Waals surface area contributed by atoms with Gasteiger partial charge in [-0.05, 0) is 12.8 Å². The summed E-state index contributed by atoms with van der Waals surface area (Å²) in [5, 5.41) is 2.25. The largest absolute Gasteiger partial charge is 0.465 e. The van der Waals surface area contributed by atoms with E-state index in [1.807, 2.05) is 0 Å². The smallest absolute Gasteiger partial charge is 0.411 e. The van der Waals surface area contributed by atoms with Crippen LogP contribution in [0.1, 0.15) is 39.8 Å². The van der Waals surface area contributed by atoms with E-state index in [0.29, 0.717) is 0 Å². The summed E-state index contributed by atoms with van der Waals surface area (Å²) >= 11 is 0.734. The number of esters is 1. The van der Waals surface area contributed by atoms with Gasteiger partial charge in [-0.1, -0.05) is 0 Å². The zero-order chi connectivity index (χ0) is 16.0. The molecule has 0 aromatic carbocycles. The van der Waals surface area contributed by atoms with Gasteiger partial charge in [-0.2, -0.15) is 13.2 Å². The Labute approximate surface area is 122 Å². The monoisotopic (exact) mass is 322 g/mol. The first kappa shape index (κ1) is 15.6. The van der Waals surface area contributed by atoms with Crippen molar-refractivity contribution in [2.24, 2.45) is 0 Å². The van der Waals surface area contributed by atoms with Gasteiger partial charge >= 0.3 is 12.1 Å². The van der Waals surface area contributed by atoms with Crippen LogP contribution in [0.25, 0.3) is 0 Å². The highest BCUT2D eigenvalue weighted by atomic mass is 32.1. The summed E-state index contributed by atoms with van der Waals surface area (Å²) < 4.78 is 43.5. The molecule has 1 fully saturated rings. The zero-order valence-corrected chi connectivity index (χ0v) is 12.1. The number of alkyl halides is 3. The van der Waals surface area contributed by atoms with Crippen LogP contribution < -0.4 is 11.1 Å². The van der Waals surface area contributed by atoms with Gasteiger partial charge in [-0.25, -0.2) is 4.79 Å². The molecule has 0 saturated heterocycles. The van der Waals surface area contributed by atoms with Gasteiger partial charge in [0.05, 0.1) is 17.7 Å². The highest BCUT2D eigenvalue weighted by Gasteiger charge is 2.64. The number of rotatable bonds is 4. The Morgan fingerprint density at radius 3 is 2.33 bits per heavy atom. The number of methoxy groups -OCH3 is 1. The Bertz CT molecular complexity index is 606. The second-order valence-corrected chi connectivity index (χ2v) is 5.82. The van der Waals surface area contributed by atoms with Crippen molar-refractivity contribution < 1.29 is 27.5 Å². The summed E-state index contributed by atoms with van der Waals surface area (Å²) in [5.41, 5.74) is 3.27. The summed E-state index contributed by atoms with van der Waals surface area (Å²) in [6, 6.07) is 0. The predicted octanol–water partition coefficient (Wildman–Crippen LogP) is 2.83. The number of nitrogen functional groups attached to an aromatic ring is 1. The molecule has 0 radical (unpaired) electrons. The third-order valence-corrected chi connectivity index (χ3v) is 4.52. The number of nitrogens with one attached hydrogen (secondary N) is 1. The maximum atomic E-state index is 13.0. The van der Waals surface area contributed by atoms with Crippen LogP contribution >= 0.6 is 11.3 Å². The maximum Gasteiger partial charge on any atom is 0.411 e. The van der Waals surface area contributed by atoms with Gasteiger partial charge in [-0.15, -0.1) is 11.3 Å². The summed E-state index contributed by atoms with van der Waals surface area (Å²) in [4.78, 5) is 23.2. The number of hydrogen-bond donors (Lipinski definition) is 2. The normalized spacial score (nSPS) is 16.4. The molecule has 0 unspecified atom stereocenters. The number of hydrogen-bond acceptors (Lipinski definition) is 6. The van der Waals surface area contributed by atoms with Crippen molar-refractivity contribution in [2.45, 2.75) is 31.5 Å². The molecular formula is C12H13F3N2O3S. The number of thiophene rings is 1. The number of ether oxygens (including phenoxy) is 1. The molecule has 0 aliphatic heterocycles. The SMILES string of the molecule is COC(=O)c1c(NC2(C(F)(F)F)CC2)sc(C(C)=O)c1N. The van der Waals surface area contributed by atoms with E-state index in [9.17, 15) is 22.8 Å². The second kappa shape index (κ2) is 4.90. The average molecular weight is 322 g/mol. The lowest BCUT2D eigenvalue weighted by Crippen LogP contribution is -2.38. The highest BCUT2D eigenvalue weighted by Crippen LogP contribution is 2.53. The van der Waals surface area contributed by atoms with E-state index >= 15 is 0 Å². The quantitative estimate of drug-likeness (QED) is 0.658. The van der Waals surface area contributed by atoms with Crippen LogP contribution in [0, 0.1) is 0 Å². The molecule has 1 heterocycles. The number of ketones is 1. The Balaban J connectivity index is 2.46. The van der Waals surface area contributed by atoms with E-state index < -0.39 is 23.5 Å². The minimum absolute atomic E-state index is 0.0378. The van der Waals surface area contributed by atoms with Crippen molar-refractivity contribution in [3.63, 3.8) is 0 Å². The van der Waals surface area contributed by atoms with E-state index in [4.69, 9.17) is 5.73 Å². The fraction of sp³-hybridized carbons (Fsp3) is 0.500. The molecule has 1 aromatic heterocycles. The fourth-order valence-electron chi connectivity index (χ4n) is 1.92. The molecule has 1 aliphatic carbocycles. The van der Waals surface area contributed by atoms with Crippen molar-refractivity contribution in [1.29, 1.82) is 0 Å². The van der Waals surface area contributed by atoms with Gasteiger partial charge in [0.15, 0.2) is 5.78 Å². The van der Waals surface area contributed by atoms with Crippen molar-refractivity contribution in [1.82, 2.24) is 0 Å². The van der Waals surface area contributed by atoms with Gasteiger partial charge in [0, 0.05) is 6.92 Å². The highest BCUT2D eigenvalue weighted by molar-refractivity contribution is 7.19. The summed E-state index contributed by atoms with van der Waals surface area (Å²) in [6.07, 6.45) is -4.63. The molecule has 2 rings (SSSR count). The van der Waals surface area contributed by atoms with Crippen LogP contribution in [-0.2, 0) is 4.74 Å². The van der Waals surface area contributed by atoms with E-state index in [1.165, 1.54) is 6.92 Å². The zero-order valence-electron chi connectivity index (χ0n) is 11.3. The number of carbonyl (C=O) groups is 2. The fourth-order valence-corrected chi connectivity index (χ4v) is 3.02. The summed E-state index contributed by atoms with van der Waals surface area (Å²) in [7, 11) is 1.09. The third-order valence-electron chi connectivity index (χ3n) is 3.30. The van der Waals surface area contributed by atoms with Crippen LogP contribution in [0.2, 0.25) is 0 Å². The van der Waals surface area contributed by atoms with Crippen molar-refractivity contribution in [2.75, 3.05) is 18.2 Å². The van der Waals surface area contributed by atoms with Gasteiger partial charge in [-0.3, -0.25) is 4.79 Å². The van der Waals surface area contributed by atoms with Crippen LogP contribution in [-0.4, -0.2) is 30.6 Å². The lowest BCUT2D eigenvalue weighted by Gasteiger charge is -2.21. The lowest BCUT2D eigenvalue weighted by atomic mass is 10.2. The molecule has 5 nitrogen and oxygen atoms in total. The standard InChI is InChI=1S/C12H13F3N2O3S/c1-5(18)8-7(16)6(10(19)20-2)9(21-8)17-11(3-4-11)12(13,14)15/h17H,3-4,16H2,1-2H3. The molecule has 9 heteroatoms. The molecule has 21 heavy (non-hydrogen) atoms. The minimum Gasteiger partial charge on any atom is -0.465 e. The van der Waals surface area contributed by atoms with E-state index in [0.717, 1.165) is 18.4 Å². The van der Waals surface area contributed by atoms with Crippen LogP contribution in [0.4, 0.5) is 23.9 Å². The Morgan fingerprint density at radius 2 is 1.95 bits per heavy atom. The van der Waals surface area contributed by atoms with Crippen LogP contribution in [0.15, 0.2) is 0 Å². The Hall–Kier alpha value is -1.77. The molecule has 1 aromatic rings. The Morgan fingerprint density at radius 1 is 1.38 bits per heavy atom. The van der Waals surface area contributed by atoms with Crippen molar-refractivity contribution in [3.05, 3.63) is 10.4 Å². The van der Waals surface area contributed by atoms with E-state index in [-0.39, 0.29) is 34.0 Å². The van der Waals surface area contributed by atoms with Crippen molar-refractivity contribution in [3.8, 4) is 0 Å². The van der Waals surface area contributed by atoms with Gasteiger partial charge in [0.2, 0.25) is 0 Å². The van der Waals surface area contributed by atoms with Gasteiger partial charge < -0.3 is 15.8 Å². The first-order valence-corrected chi connectivity index (χ1v) is 6.81.